The first-order valence-electron chi connectivity index (χ1n) is 21.8. The molecular formula is C48H42F4N8O8S4. The molecule has 2 aliphatic heterocycles. The molecule has 3 aromatic heterocycles. The molecule has 72 heavy (non-hydrogen) atoms. The minimum atomic E-state index is -4.17. The summed E-state index contributed by atoms with van der Waals surface area (Å²) < 4.78 is 180. The standard InChI is InChI=1S/C48H42F4N8O8S4/c1-53-69(61,62)25-5-9-33(49)29(21-25)45-37-13-15-39(57-37)46(30-22-26(6-10-34(30)50)70(63,64)54-2)41-17-19-43(59-41)48(32-24-28(8-12-36(32)52)72(67,68)56-4)44-20-18-42(60-44)47(40-16-14-38(45)58-40)31-23-27(7-11-35(31)51)71(65,66)55-3/h5-13,15,18,20-24,53-57,60H,14,16-17,19H2,1-4H3. The molecule has 0 spiro atoms. The number of benzene rings is 4. The second kappa shape index (κ2) is 18.8. The van der Waals surface area contributed by atoms with E-state index in [1.807, 2.05) is 0 Å². The quantitative estimate of drug-likeness (QED) is 0.0704. The van der Waals surface area contributed by atoms with Crippen molar-refractivity contribution in [2.45, 2.75) is 45.3 Å². The first kappa shape index (κ1) is 50.3. The van der Waals surface area contributed by atoms with Gasteiger partial charge in [-0.25, -0.2) is 70.1 Å². The van der Waals surface area contributed by atoms with E-state index in [0.29, 0.717) is 0 Å². The van der Waals surface area contributed by atoms with E-state index >= 15 is 17.6 Å². The van der Waals surface area contributed by atoms with Crippen molar-refractivity contribution >= 4 is 62.2 Å². The zero-order valence-corrected chi connectivity index (χ0v) is 41.6. The monoisotopic (exact) mass is 1060 g/mol. The molecule has 374 valence electrons. The minimum Gasteiger partial charge on any atom is -0.354 e. The number of halogens is 4. The summed E-state index contributed by atoms with van der Waals surface area (Å²) in [6, 6.07) is 18.6. The van der Waals surface area contributed by atoms with E-state index in [1.54, 1.807) is 0 Å². The molecule has 5 heterocycles. The molecule has 9 rings (SSSR count). The smallest absolute Gasteiger partial charge is 0.240 e. The Bertz CT molecular complexity index is 3560. The highest BCUT2D eigenvalue weighted by Crippen LogP contribution is 2.41. The molecule has 0 radical (unpaired) electrons. The summed E-state index contributed by atoms with van der Waals surface area (Å²) in [6.45, 7) is 0. The normalized spacial score (nSPS) is 13.4. The summed E-state index contributed by atoms with van der Waals surface area (Å²) in [7, 11) is -12.0. The highest BCUT2D eigenvalue weighted by Gasteiger charge is 2.28. The van der Waals surface area contributed by atoms with Crippen LogP contribution in [0, 0.1) is 23.3 Å². The van der Waals surface area contributed by atoms with Gasteiger partial charge in [0.25, 0.3) is 0 Å². The third-order valence-electron chi connectivity index (χ3n) is 12.5. The summed E-state index contributed by atoms with van der Waals surface area (Å²) in [5.41, 5.74) is 0.180. The van der Waals surface area contributed by atoms with Crippen LogP contribution in [0.3, 0.4) is 0 Å². The van der Waals surface area contributed by atoms with Crippen molar-refractivity contribution in [1.29, 1.82) is 0 Å². The number of aromatic amines is 2. The number of hydrogen-bond donors (Lipinski definition) is 6. The van der Waals surface area contributed by atoms with Crippen LogP contribution in [0.15, 0.2) is 117 Å². The van der Waals surface area contributed by atoms with Crippen molar-refractivity contribution in [2.24, 2.45) is 0 Å². The maximum atomic E-state index is 16.5. The summed E-state index contributed by atoms with van der Waals surface area (Å²) in [5, 5.41) is 0. The van der Waals surface area contributed by atoms with Crippen LogP contribution in [0.1, 0.15) is 22.8 Å². The van der Waals surface area contributed by atoms with E-state index in [9.17, 15) is 33.7 Å². The largest absolute Gasteiger partial charge is 0.354 e. The van der Waals surface area contributed by atoms with Crippen LogP contribution in [-0.4, -0.2) is 81.8 Å². The number of nitrogens with zero attached hydrogens (tertiary/aromatic N) is 2. The summed E-state index contributed by atoms with van der Waals surface area (Å²) in [6.07, 6.45) is 0.0148. The first-order valence-corrected chi connectivity index (χ1v) is 27.7. The van der Waals surface area contributed by atoms with Gasteiger partial charge in [-0.3, -0.25) is 9.97 Å². The van der Waals surface area contributed by atoms with Gasteiger partial charge < -0.3 is 9.97 Å². The average molecular weight is 1060 g/mol. The second-order valence-electron chi connectivity index (χ2n) is 16.5. The van der Waals surface area contributed by atoms with E-state index in [0.717, 1.165) is 72.8 Å². The summed E-state index contributed by atoms with van der Waals surface area (Å²) in [4.78, 5) is 15.1. The molecule has 0 saturated heterocycles. The van der Waals surface area contributed by atoms with E-state index < -0.39 is 63.4 Å². The molecule has 16 nitrogen and oxygen atoms in total. The lowest BCUT2D eigenvalue weighted by Gasteiger charge is -2.11. The lowest BCUT2D eigenvalue weighted by atomic mass is 10.00. The van der Waals surface area contributed by atoms with Crippen molar-refractivity contribution in [3.63, 3.8) is 0 Å². The van der Waals surface area contributed by atoms with Crippen molar-refractivity contribution in [1.82, 2.24) is 38.8 Å². The predicted molar refractivity (Wildman–Crippen MR) is 262 cm³/mol. The molecule has 8 bridgehead atoms. The van der Waals surface area contributed by atoms with Gasteiger partial charge in [0, 0.05) is 66.6 Å². The molecule has 2 aliphatic rings. The van der Waals surface area contributed by atoms with E-state index in [2.05, 4.69) is 28.9 Å². The van der Waals surface area contributed by atoms with Gasteiger partial charge in [-0.15, -0.1) is 0 Å². The van der Waals surface area contributed by atoms with Crippen LogP contribution < -0.4 is 18.9 Å². The lowest BCUT2D eigenvalue weighted by Crippen LogP contribution is -2.18. The Hall–Kier alpha value is -6.64. The lowest BCUT2D eigenvalue weighted by molar-refractivity contribution is 0.585. The topological polar surface area (TPSA) is 242 Å². The molecule has 0 aliphatic carbocycles. The Morgan fingerprint density at radius 3 is 0.764 bits per heavy atom. The van der Waals surface area contributed by atoms with Crippen LogP contribution in [-0.2, 0) is 65.8 Å². The fraction of sp³-hybridized carbons (Fsp3) is 0.167. The minimum absolute atomic E-state index is 0.00370. The Morgan fingerprint density at radius 1 is 0.361 bits per heavy atom. The first-order chi connectivity index (χ1) is 34.1. The van der Waals surface area contributed by atoms with Crippen molar-refractivity contribution in [3.05, 3.63) is 143 Å². The van der Waals surface area contributed by atoms with Gasteiger partial charge in [-0.1, -0.05) is 0 Å². The van der Waals surface area contributed by atoms with Crippen LogP contribution >= 0.6 is 0 Å². The zero-order chi connectivity index (χ0) is 51.7. The number of rotatable bonds is 12. The maximum Gasteiger partial charge on any atom is 0.240 e. The van der Waals surface area contributed by atoms with Crippen molar-refractivity contribution < 1.29 is 51.2 Å². The Labute approximate surface area is 411 Å². The maximum absolute atomic E-state index is 16.5. The highest BCUT2D eigenvalue weighted by atomic mass is 32.2. The highest BCUT2D eigenvalue weighted by molar-refractivity contribution is 7.90. The third kappa shape index (κ3) is 9.01. The number of nitrogens with one attached hydrogen (secondary N) is 6. The van der Waals surface area contributed by atoms with Crippen molar-refractivity contribution in [2.75, 3.05) is 28.2 Å². The molecule has 4 aromatic carbocycles. The van der Waals surface area contributed by atoms with Crippen LogP contribution in [0.4, 0.5) is 17.6 Å². The third-order valence-corrected chi connectivity index (χ3v) is 18.1. The Balaban J connectivity index is 1.53. The Morgan fingerprint density at radius 2 is 0.569 bits per heavy atom. The van der Waals surface area contributed by atoms with Gasteiger partial charge in [-0.05, 0) is 151 Å². The van der Waals surface area contributed by atoms with Gasteiger partial charge in [0.1, 0.15) is 23.3 Å². The molecule has 7 aromatic rings. The predicted octanol–water partition coefficient (Wildman–Crippen LogP) is 6.74. The molecule has 24 heteroatoms. The average Bonchev–Trinajstić information content (AvgIpc) is 4.22. The summed E-state index contributed by atoms with van der Waals surface area (Å²) >= 11 is 0. The molecule has 0 atom stereocenters. The van der Waals surface area contributed by atoms with E-state index in [4.69, 9.17) is 9.97 Å². The van der Waals surface area contributed by atoms with Gasteiger partial charge >= 0.3 is 0 Å². The molecule has 0 amide bonds. The molecule has 0 unspecified atom stereocenters. The van der Waals surface area contributed by atoms with Crippen LogP contribution in [0.2, 0.25) is 0 Å². The number of fused-ring (bicyclic) bond motifs is 8. The molecule has 0 saturated carbocycles. The number of aryl methyl sites for hydroxylation is 4. The summed E-state index contributed by atoms with van der Waals surface area (Å²) in [5.74, 6) is -3.51. The molecule has 6 N–H and O–H groups in total. The number of hydrogen-bond acceptors (Lipinski definition) is 10. The van der Waals surface area contributed by atoms with Gasteiger partial charge in [0.15, 0.2) is 0 Å². The zero-order valence-electron chi connectivity index (χ0n) is 38.4. The number of H-pyrrole nitrogens is 2. The van der Waals surface area contributed by atoms with E-state index in [1.165, 1.54) is 52.5 Å². The molecular weight excluding hydrogens is 1020 g/mol. The fourth-order valence-corrected chi connectivity index (χ4v) is 11.9. The number of aromatic nitrogens is 4. The van der Waals surface area contributed by atoms with Gasteiger partial charge in [-0.2, -0.15) is 0 Å². The number of sulfonamides is 4. The van der Waals surface area contributed by atoms with Crippen LogP contribution in [0.25, 0.3) is 66.6 Å². The van der Waals surface area contributed by atoms with Gasteiger partial charge in [0.2, 0.25) is 40.1 Å². The van der Waals surface area contributed by atoms with Crippen LogP contribution in [0.5, 0.6) is 0 Å². The van der Waals surface area contributed by atoms with Crippen molar-refractivity contribution in [3.8, 4) is 44.5 Å². The second-order valence-corrected chi connectivity index (χ2v) is 24.0. The van der Waals surface area contributed by atoms with E-state index in [-0.39, 0.29) is 135 Å². The van der Waals surface area contributed by atoms with Gasteiger partial charge in [0.05, 0.1) is 42.4 Å². The molecule has 0 fully saturated rings. The fourth-order valence-electron chi connectivity index (χ4n) is 8.87. The SMILES string of the molecule is CNS(=O)(=O)c1ccc(F)c(-c2c3nc(c(-c4cc(S(=O)(=O)NC)ccc4F)c4ccc([nH]4)c(-c4cc(S(=O)(=O)NC)ccc4F)c4nc(c(-c5cc(S(=O)(=O)NC)ccc5F)c5ccc2[nH]5)CC4)CC3)c1. The Kier molecular flexibility index (Phi) is 13.1.